The molecule has 0 fully saturated rings. The first-order valence-electron chi connectivity index (χ1n) is 7.09. The van der Waals surface area contributed by atoms with Crippen LogP contribution in [0.5, 0.6) is 5.75 Å². The first-order valence-corrected chi connectivity index (χ1v) is 7.09. The summed E-state index contributed by atoms with van der Waals surface area (Å²) in [4.78, 5) is 11.0. The molecule has 1 aromatic heterocycles. The molecule has 5 nitrogen and oxygen atoms in total. The maximum atomic E-state index is 5.39. The van der Waals surface area contributed by atoms with Crippen LogP contribution in [0.1, 0.15) is 18.2 Å². The molecule has 21 heavy (non-hydrogen) atoms. The van der Waals surface area contributed by atoms with Gasteiger partial charge in [-0.25, -0.2) is 4.98 Å². The third kappa shape index (κ3) is 4.16. The van der Waals surface area contributed by atoms with Crippen molar-refractivity contribution in [3.63, 3.8) is 0 Å². The number of rotatable bonds is 7. The van der Waals surface area contributed by atoms with Gasteiger partial charge in [-0.2, -0.15) is 0 Å². The molecule has 0 aliphatic carbocycles. The van der Waals surface area contributed by atoms with Gasteiger partial charge in [0.2, 0.25) is 0 Å². The lowest BCUT2D eigenvalue weighted by molar-refractivity contribution is 0.409. The molecule has 0 aliphatic heterocycles. The van der Waals surface area contributed by atoms with Crippen molar-refractivity contribution in [3.8, 4) is 5.75 Å². The standard InChI is InChI=1S/C16H22N4O/c1-4-17-9-14-10-18-11-16(19-14)20(2)12-13-7-5-6-8-15(13)21-3/h5-8,10-11,17H,4,9,12H2,1-3H3. The van der Waals surface area contributed by atoms with Gasteiger partial charge < -0.3 is 15.0 Å². The van der Waals surface area contributed by atoms with Crippen LogP contribution in [0, 0.1) is 0 Å². The topological polar surface area (TPSA) is 50.3 Å². The van der Waals surface area contributed by atoms with Crippen LogP contribution in [0.4, 0.5) is 5.82 Å². The molecule has 1 aromatic carbocycles. The number of aromatic nitrogens is 2. The fourth-order valence-corrected chi connectivity index (χ4v) is 2.09. The van der Waals surface area contributed by atoms with Gasteiger partial charge in [-0.3, -0.25) is 4.98 Å². The zero-order valence-electron chi connectivity index (χ0n) is 12.8. The number of benzene rings is 1. The van der Waals surface area contributed by atoms with E-state index in [1.807, 2.05) is 25.2 Å². The average molecular weight is 286 g/mol. The van der Waals surface area contributed by atoms with E-state index in [0.29, 0.717) is 0 Å². The summed E-state index contributed by atoms with van der Waals surface area (Å²) in [7, 11) is 3.70. The molecule has 0 spiro atoms. The van der Waals surface area contributed by atoms with Gasteiger partial charge in [0.05, 0.1) is 19.0 Å². The highest BCUT2D eigenvalue weighted by Crippen LogP contribution is 2.20. The van der Waals surface area contributed by atoms with Crippen molar-refractivity contribution in [1.29, 1.82) is 0 Å². The number of anilines is 1. The van der Waals surface area contributed by atoms with E-state index in [1.165, 1.54) is 0 Å². The van der Waals surface area contributed by atoms with Crippen LogP contribution in [0.25, 0.3) is 0 Å². The van der Waals surface area contributed by atoms with Crippen LogP contribution in [-0.4, -0.2) is 30.7 Å². The molecule has 0 unspecified atom stereocenters. The van der Waals surface area contributed by atoms with Crippen molar-refractivity contribution >= 4 is 5.82 Å². The second-order valence-corrected chi connectivity index (χ2v) is 4.82. The van der Waals surface area contributed by atoms with Crippen LogP contribution >= 0.6 is 0 Å². The summed E-state index contributed by atoms with van der Waals surface area (Å²) in [6, 6.07) is 8.01. The summed E-state index contributed by atoms with van der Waals surface area (Å²) >= 11 is 0. The molecular formula is C16H22N4O. The summed E-state index contributed by atoms with van der Waals surface area (Å²) in [5.74, 6) is 1.75. The van der Waals surface area contributed by atoms with Gasteiger partial charge >= 0.3 is 0 Å². The van der Waals surface area contributed by atoms with E-state index in [9.17, 15) is 0 Å². The number of nitrogens with one attached hydrogen (secondary N) is 1. The van der Waals surface area contributed by atoms with Gasteiger partial charge in [0.25, 0.3) is 0 Å². The van der Waals surface area contributed by atoms with Crippen molar-refractivity contribution in [2.75, 3.05) is 25.6 Å². The third-order valence-corrected chi connectivity index (χ3v) is 3.22. The van der Waals surface area contributed by atoms with Crippen molar-refractivity contribution in [2.24, 2.45) is 0 Å². The quantitative estimate of drug-likeness (QED) is 0.846. The molecule has 1 heterocycles. The Morgan fingerprint density at radius 3 is 2.81 bits per heavy atom. The molecule has 1 N–H and O–H groups in total. The lowest BCUT2D eigenvalue weighted by atomic mass is 10.2. The Labute approximate surface area is 126 Å². The zero-order chi connectivity index (χ0) is 15.1. The summed E-state index contributed by atoms with van der Waals surface area (Å²) in [5, 5.41) is 3.26. The van der Waals surface area contributed by atoms with E-state index in [1.54, 1.807) is 19.5 Å². The molecule has 0 atom stereocenters. The normalized spacial score (nSPS) is 10.4. The van der Waals surface area contributed by atoms with Gasteiger partial charge in [0, 0.05) is 31.9 Å². The Bertz CT molecular complexity index is 574. The van der Waals surface area contributed by atoms with E-state index in [2.05, 4.69) is 33.2 Å². The van der Waals surface area contributed by atoms with Gasteiger partial charge in [-0.1, -0.05) is 25.1 Å². The molecule has 2 rings (SSSR count). The minimum Gasteiger partial charge on any atom is -0.496 e. The summed E-state index contributed by atoms with van der Waals surface area (Å²) in [6.45, 7) is 4.46. The smallest absolute Gasteiger partial charge is 0.147 e. The third-order valence-electron chi connectivity index (χ3n) is 3.22. The lowest BCUT2D eigenvalue weighted by Crippen LogP contribution is -2.20. The zero-order valence-corrected chi connectivity index (χ0v) is 12.8. The van der Waals surface area contributed by atoms with Gasteiger partial charge in [0.1, 0.15) is 11.6 Å². The monoisotopic (exact) mass is 286 g/mol. The van der Waals surface area contributed by atoms with Crippen molar-refractivity contribution < 1.29 is 4.74 Å². The largest absolute Gasteiger partial charge is 0.496 e. The van der Waals surface area contributed by atoms with E-state index in [4.69, 9.17) is 4.74 Å². The second kappa shape index (κ2) is 7.59. The fourth-order valence-electron chi connectivity index (χ4n) is 2.09. The number of ether oxygens (including phenoxy) is 1. The first-order chi connectivity index (χ1) is 10.2. The van der Waals surface area contributed by atoms with Crippen molar-refractivity contribution in [1.82, 2.24) is 15.3 Å². The average Bonchev–Trinajstić information content (AvgIpc) is 2.53. The molecule has 2 aromatic rings. The predicted molar refractivity (Wildman–Crippen MR) is 84.5 cm³/mol. The molecule has 0 saturated heterocycles. The molecule has 0 amide bonds. The number of hydrogen-bond acceptors (Lipinski definition) is 5. The maximum absolute atomic E-state index is 5.39. The fraction of sp³-hybridized carbons (Fsp3) is 0.375. The predicted octanol–water partition coefficient (Wildman–Crippen LogP) is 2.23. The molecule has 112 valence electrons. The SMILES string of the molecule is CCNCc1cncc(N(C)Cc2ccccc2OC)n1. The minimum absolute atomic E-state index is 0.726. The van der Waals surface area contributed by atoms with Crippen LogP contribution in [0.3, 0.4) is 0 Å². The first kappa shape index (κ1) is 15.3. The number of para-hydroxylation sites is 1. The highest BCUT2D eigenvalue weighted by atomic mass is 16.5. The Balaban J connectivity index is 2.10. The highest BCUT2D eigenvalue weighted by molar-refractivity contribution is 5.41. The summed E-state index contributed by atoms with van der Waals surface area (Å²) < 4.78 is 5.39. The van der Waals surface area contributed by atoms with Crippen LogP contribution < -0.4 is 15.0 Å². The Morgan fingerprint density at radius 2 is 2.05 bits per heavy atom. The van der Waals surface area contributed by atoms with Gasteiger partial charge in [-0.15, -0.1) is 0 Å². The molecule has 0 radical (unpaired) electrons. The van der Waals surface area contributed by atoms with E-state index in [-0.39, 0.29) is 0 Å². The number of nitrogens with zero attached hydrogens (tertiary/aromatic N) is 3. The van der Waals surface area contributed by atoms with Crippen LogP contribution in [0.2, 0.25) is 0 Å². The van der Waals surface area contributed by atoms with Crippen LogP contribution in [-0.2, 0) is 13.1 Å². The van der Waals surface area contributed by atoms with E-state index in [0.717, 1.165) is 42.5 Å². The minimum atomic E-state index is 0.726. The summed E-state index contributed by atoms with van der Waals surface area (Å²) in [5.41, 5.74) is 2.07. The molecule has 0 aliphatic rings. The molecule has 0 saturated carbocycles. The van der Waals surface area contributed by atoms with Crippen molar-refractivity contribution in [3.05, 3.63) is 47.9 Å². The lowest BCUT2D eigenvalue weighted by Gasteiger charge is -2.19. The molecule has 5 heteroatoms. The van der Waals surface area contributed by atoms with E-state index >= 15 is 0 Å². The van der Waals surface area contributed by atoms with Gasteiger partial charge in [0.15, 0.2) is 0 Å². The maximum Gasteiger partial charge on any atom is 0.147 e. The second-order valence-electron chi connectivity index (χ2n) is 4.82. The Hall–Kier alpha value is -2.14. The highest BCUT2D eigenvalue weighted by Gasteiger charge is 2.08. The Morgan fingerprint density at radius 1 is 1.24 bits per heavy atom. The number of methoxy groups -OCH3 is 1. The Kier molecular flexibility index (Phi) is 5.51. The van der Waals surface area contributed by atoms with E-state index < -0.39 is 0 Å². The van der Waals surface area contributed by atoms with Gasteiger partial charge in [-0.05, 0) is 12.6 Å². The summed E-state index contributed by atoms with van der Waals surface area (Å²) in [6.07, 6.45) is 3.58. The molecular weight excluding hydrogens is 264 g/mol. The number of hydrogen-bond donors (Lipinski definition) is 1. The van der Waals surface area contributed by atoms with Crippen molar-refractivity contribution in [2.45, 2.75) is 20.0 Å². The van der Waals surface area contributed by atoms with Crippen LogP contribution in [0.15, 0.2) is 36.7 Å². The molecule has 0 bridgehead atoms.